The second-order valence-corrected chi connectivity index (χ2v) is 2.52. The lowest BCUT2D eigenvalue weighted by Crippen LogP contribution is -2.25. The van der Waals surface area contributed by atoms with E-state index in [9.17, 15) is 9.59 Å². The molecule has 0 aromatic carbocycles. The van der Waals surface area contributed by atoms with E-state index in [4.69, 9.17) is 0 Å². The van der Waals surface area contributed by atoms with E-state index in [1.165, 1.54) is 4.90 Å². The van der Waals surface area contributed by atoms with Crippen molar-refractivity contribution in [3.8, 4) is 0 Å². The topological polar surface area (TPSA) is 37.4 Å². The normalized spacial score (nSPS) is 23.6. The monoisotopic (exact) mass is 137 g/mol. The van der Waals surface area contributed by atoms with E-state index < -0.39 is 0 Å². The van der Waals surface area contributed by atoms with Gasteiger partial charge in [-0.2, -0.15) is 0 Å². The molecule has 1 fully saturated rings. The fourth-order valence-corrected chi connectivity index (χ4v) is 1.41. The summed E-state index contributed by atoms with van der Waals surface area (Å²) in [5.41, 5.74) is 0.912. The first-order valence-electron chi connectivity index (χ1n) is 3.34. The Morgan fingerprint density at radius 1 is 1.20 bits per heavy atom. The number of imide groups is 1. The summed E-state index contributed by atoms with van der Waals surface area (Å²) in [6.07, 6.45) is 3.52. The molecule has 2 aliphatic rings. The van der Waals surface area contributed by atoms with Crippen LogP contribution in [0.4, 0.5) is 0 Å². The standard InChI is InChI=1S/C7H7NO2/c9-6-3-1-5-2-4-7(10)8(5)6/h1H,2-4H2. The largest absolute Gasteiger partial charge is 0.274 e. The van der Waals surface area contributed by atoms with Crippen molar-refractivity contribution in [2.24, 2.45) is 0 Å². The minimum Gasteiger partial charge on any atom is -0.274 e. The summed E-state index contributed by atoms with van der Waals surface area (Å²) in [5.74, 6) is -0.0914. The maximum atomic E-state index is 10.9. The van der Waals surface area contributed by atoms with Crippen LogP contribution in [0, 0.1) is 0 Å². The molecular formula is C7H7NO2. The Morgan fingerprint density at radius 3 is 2.70 bits per heavy atom. The number of carbonyl (C=O) groups excluding carboxylic acids is 2. The summed E-state index contributed by atoms with van der Waals surface area (Å²) in [6.45, 7) is 0. The number of rotatable bonds is 0. The lowest BCUT2D eigenvalue weighted by Gasteiger charge is -2.06. The molecule has 0 unspecified atom stereocenters. The zero-order valence-electron chi connectivity index (χ0n) is 5.46. The van der Waals surface area contributed by atoms with Gasteiger partial charge in [0.15, 0.2) is 0 Å². The minimum atomic E-state index is -0.0579. The van der Waals surface area contributed by atoms with Gasteiger partial charge in [0.25, 0.3) is 0 Å². The Kier molecular flexibility index (Phi) is 0.952. The van der Waals surface area contributed by atoms with Crippen molar-refractivity contribution < 1.29 is 9.59 Å². The van der Waals surface area contributed by atoms with Gasteiger partial charge in [-0.25, -0.2) is 0 Å². The Labute approximate surface area is 58.3 Å². The van der Waals surface area contributed by atoms with Gasteiger partial charge in [-0.3, -0.25) is 14.5 Å². The third kappa shape index (κ3) is 0.546. The number of carbonyl (C=O) groups is 2. The molecule has 2 amide bonds. The highest BCUT2D eigenvalue weighted by molar-refractivity contribution is 6.02. The van der Waals surface area contributed by atoms with Gasteiger partial charge in [-0.15, -0.1) is 0 Å². The first kappa shape index (κ1) is 5.65. The first-order valence-corrected chi connectivity index (χ1v) is 3.34. The Bertz CT molecular complexity index is 242. The molecule has 1 saturated heterocycles. The quantitative estimate of drug-likeness (QED) is 0.454. The lowest BCUT2D eigenvalue weighted by atomic mass is 10.3. The van der Waals surface area contributed by atoms with Crippen molar-refractivity contribution in [2.45, 2.75) is 19.3 Å². The van der Waals surface area contributed by atoms with Crippen molar-refractivity contribution in [3.63, 3.8) is 0 Å². The number of nitrogens with zero attached hydrogens (tertiary/aromatic N) is 1. The molecule has 0 aromatic heterocycles. The maximum absolute atomic E-state index is 10.9. The van der Waals surface area contributed by atoms with E-state index in [1.54, 1.807) is 0 Å². The summed E-state index contributed by atoms with van der Waals surface area (Å²) >= 11 is 0. The highest BCUT2D eigenvalue weighted by atomic mass is 16.2. The van der Waals surface area contributed by atoms with Gasteiger partial charge in [0.2, 0.25) is 11.8 Å². The van der Waals surface area contributed by atoms with Crippen molar-refractivity contribution in [1.82, 2.24) is 4.90 Å². The van der Waals surface area contributed by atoms with E-state index in [-0.39, 0.29) is 11.8 Å². The van der Waals surface area contributed by atoms with Crippen LogP contribution in [0.2, 0.25) is 0 Å². The summed E-state index contributed by atoms with van der Waals surface area (Å²) in [6, 6.07) is 0. The molecular weight excluding hydrogens is 130 g/mol. The van der Waals surface area contributed by atoms with Crippen molar-refractivity contribution in [3.05, 3.63) is 11.8 Å². The summed E-state index contributed by atoms with van der Waals surface area (Å²) < 4.78 is 0. The van der Waals surface area contributed by atoms with Crippen LogP contribution in [0.5, 0.6) is 0 Å². The average molecular weight is 137 g/mol. The zero-order chi connectivity index (χ0) is 7.14. The molecule has 52 valence electrons. The van der Waals surface area contributed by atoms with Crippen molar-refractivity contribution >= 4 is 11.8 Å². The SMILES string of the molecule is O=C1CC=C2CCC(=O)N12. The third-order valence-electron chi connectivity index (χ3n) is 1.89. The second kappa shape index (κ2) is 1.68. The lowest BCUT2D eigenvalue weighted by molar-refractivity contribution is -0.138. The van der Waals surface area contributed by atoms with Gasteiger partial charge in [-0.1, -0.05) is 6.08 Å². The molecule has 0 saturated carbocycles. The molecule has 2 rings (SSSR count). The van der Waals surface area contributed by atoms with Gasteiger partial charge in [-0.05, 0) is 6.42 Å². The molecule has 0 radical (unpaired) electrons. The molecule has 0 atom stereocenters. The number of hydrogen-bond acceptors (Lipinski definition) is 2. The van der Waals surface area contributed by atoms with Gasteiger partial charge < -0.3 is 0 Å². The zero-order valence-corrected chi connectivity index (χ0v) is 5.46. The van der Waals surface area contributed by atoms with Gasteiger partial charge in [0.05, 0.1) is 0 Å². The highest BCUT2D eigenvalue weighted by Crippen LogP contribution is 2.28. The fourth-order valence-electron chi connectivity index (χ4n) is 1.41. The van der Waals surface area contributed by atoms with E-state index in [0.717, 1.165) is 12.1 Å². The molecule has 3 heteroatoms. The second-order valence-electron chi connectivity index (χ2n) is 2.52. The third-order valence-corrected chi connectivity index (χ3v) is 1.89. The van der Waals surface area contributed by atoms with Crippen LogP contribution in [0.25, 0.3) is 0 Å². The Morgan fingerprint density at radius 2 is 2.00 bits per heavy atom. The van der Waals surface area contributed by atoms with E-state index in [2.05, 4.69) is 0 Å². The van der Waals surface area contributed by atoms with Crippen LogP contribution in [-0.4, -0.2) is 16.7 Å². The maximum Gasteiger partial charge on any atom is 0.237 e. The smallest absolute Gasteiger partial charge is 0.237 e. The first-order chi connectivity index (χ1) is 4.79. The molecule has 3 nitrogen and oxygen atoms in total. The predicted octanol–water partition coefficient (Wildman–Crippen LogP) is 0.423. The van der Waals surface area contributed by atoms with Crippen LogP contribution in [0.1, 0.15) is 19.3 Å². The van der Waals surface area contributed by atoms with E-state index in [1.807, 2.05) is 6.08 Å². The van der Waals surface area contributed by atoms with Crippen LogP contribution in [0.15, 0.2) is 11.8 Å². The molecule has 0 N–H and O–H groups in total. The van der Waals surface area contributed by atoms with Crippen molar-refractivity contribution in [2.75, 3.05) is 0 Å². The number of amides is 2. The van der Waals surface area contributed by atoms with Gasteiger partial charge in [0, 0.05) is 18.5 Å². The van der Waals surface area contributed by atoms with Crippen LogP contribution >= 0.6 is 0 Å². The fraction of sp³-hybridized carbons (Fsp3) is 0.429. The van der Waals surface area contributed by atoms with Crippen LogP contribution in [-0.2, 0) is 9.59 Å². The Hall–Kier alpha value is -1.12. The van der Waals surface area contributed by atoms with Gasteiger partial charge >= 0.3 is 0 Å². The summed E-state index contributed by atoms with van der Waals surface area (Å²) in [7, 11) is 0. The Balaban J connectivity index is 2.38. The van der Waals surface area contributed by atoms with Crippen molar-refractivity contribution in [1.29, 1.82) is 0 Å². The molecule has 0 spiro atoms. The summed E-state index contributed by atoms with van der Waals surface area (Å²) in [5, 5.41) is 0. The predicted molar refractivity (Wildman–Crippen MR) is 33.8 cm³/mol. The number of hydrogen-bond donors (Lipinski definition) is 0. The molecule has 0 aromatic rings. The molecule has 10 heavy (non-hydrogen) atoms. The van der Waals surface area contributed by atoms with Gasteiger partial charge in [0.1, 0.15) is 0 Å². The molecule has 0 bridgehead atoms. The highest BCUT2D eigenvalue weighted by Gasteiger charge is 2.34. The molecule has 0 aliphatic carbocycles. The minimum absolute atomic E-state index is 0.0336. The number of fused-ring (bicyclic) bond motifs is 1. The van der Waals surface area contributed by atoms with E-state index in [0.29, 0.717) is 12.8 Å². The number of allylic oxidation sites excluding steroid dienone is 1. The average Bonchev–Trinajstić information content (AvgIpc) is 2.40. The van der Waals surface area contributed by atoms with E-state index >= 15 is 0 Å². The molecule has 2 heterocycles. The van der Waals surface area contributed by atoms with Crippen LogP contribution < -0.4 is 0 Å². The van der Waals surface area contributed by atoms with Crippen LogP contribution in [0.3, 0.4) is 0 Å². The summed E-state index contributed by atoms with van der Waals surface area (Å²) in [4.78, 5) is 23.2. The molecule has 2 aliphatic heterocycles.